The van der Waals surface area contributed by atoms with Gasteiger partial charge in [0.2, 0.25) is 0 Å². The molecule has 3 nitrogen and oxygen atoms in total. The lowest BCUT2D eigenvalue weighted by molar-refractivity contribution is 0.792. The lowest BCUT2D eigenvalue weighted by atomic mass is 10.2. The van der Waals surface area contributed by atoms with E-state index in [1.54, 1.807) is 11.3 Å². The van der Waals surface area contributed by atoms with E-state index in [2.05, 4.69) is 22.5 Å². The molecule has 1 unspecified atom stereocenters. The maximum absolute atomic E-state index is 6.05. The Morgan fingerprint density at radius 3 is 3.18 bits per heavy atom. The van der Waals surface area contributed by atoms with Crippen LogP contribution in [0.4, 0.5) is 5.13 Å². The summed E-state index contributed by atoms with van der Waals surface area (Å²) in [5.41, 5.74) is 2.20. The first-order chi connectivity index (χ1) is 8.22. The van der Waals surface area contributed by atoms with Crippen LogP contribution < -0.4 is 10.6 Å². The van der Waals surface area contributed by atoms with Gasteiger partial charge in [-0.2, -0.15) is 0 Å². The number of halogens is 1. The number of aryl methyl sites for hydroxylation is 1. The van der Waals surface area contributed by atoms with Crippen molar-refractivity contribution in [2.45, 2.75) is 19.4 Å². The van der Waals surface area contributed by atoms with Crippen LogP contribution in [0.2, 0.25) is 5.02 Å². The highest BCUT2D eigenvalue weighted by Crippen LogP contribution is 2.31. The molecule has 1 aromatic carbocycles. The van der Waals surface area contributed by atoms with E-state index in [4.69, 9.17) is 11.6 Å². The summed E-state index contributed by atoms with van der Waals surface area (Å²) in [6.45, 7) is 4.16. The molecular weight excluding hydrogens is 254 g/mol. The normalized spacial score (nSPS) is 20.0. The summed E-state index contributed by atoms with van der Waals surface area (Å²) >= 11 is 7.73. The largest absolute Gasteiger partial charge is 0.357 e. The first-order valence-electron chi connectivity index (χ1n) is 5.76. The van der Waals surface area contributed by atoms with Crippen molar-refractivity contribution in [3.05, 3.63) is 22.7 Å². The van der Waals surface area contributed by atoms with Gasteiger partial charge in [-0.15, -0.1) is 0 Å². The number of aromatic nitrogens is 1. The SMILES string of the molecule is Cc1cc(Cl)cc2sc(NC3CCNC3)nc12. The molecule has 1 aliphatic heterocycles. The Bertz CT molecular complexity index is 546. The molecule has 0 spiro atoms. The minimum atomic E-state index is 0.506. The van der Waals surface area contributed by atoms with Crippen LogP contribution in [0.15, 0.2) is 12.1 Å². The second kappa shape index (κ2) is 4.44. The Morgan fingerprint density at radius 2 is 2.41 bits per heavy atom. The van der Waals surface area contributed by atoms with Gasteiger partial charge in [-0.05, 0) is 37.6 Å². The highest BCUT2D eigenvalue weighted by molar-refractivity contribution is 7.22. The average Bonchev–Trinajstić information content (AvgIpc) is 2.87. The van der Waals surface area contributed by atoms with E-state index in [-0.39, 0.29) is 0 Å². The predicted molar refractivity (Wildman–Crippen MR) is 74.3 cm³/mol. The second-order valence-corrected chi connectivity index (χ2v) is 5.89. The van der Waals surface area contributed by atoms with E-state index in [0.29, 0.717) is 6.04 Å². The molecule has 3 rings (SSSR count). The van der Waals surface area contributed by atoms with E-state index in [1.165, 1.54) is 0 Å². The van der Waals surface area contributed by atoms with E-state index >= 15 is 0 Å². The third-order valence-electron chi connectivity index (χ3n) is 3.04. The van der Waals surface area contributed by atoms with Crippen LogP contribution in [0.25, 0.3) is 10.2 Å². The molecule has 90 valence electrons. The fourth-order valence-corrected chi connectivity index (χ4v) is 3.57. The molecule has 0 saturated carbocycles. The Kier molecular flexibility index (Phi) is 2.94. The number of rotatable bonds is 2. The summed E-state index contributed by atoms with van der Waals surface area (Å²) in [6, 6.07) is 4.45. The van der Waals surface area contributed by atoms with Gasteiger partial charge in [-0.3, -0.25) is 0 Å². The molecule has 0 aliphatic carbocycles. The number of nitrogens with zero attached hydrogens (tertiary/aromatic N) is 1. The number of fused-ring (bicyclic) bond motifs is 1. The molecule has 2 aromatic rings. The van der Waals surface area contributed by atoms with E-state index in [1.807, 2.05) is 12.1 Å². The van der Waals surface area contributed by atoms with Gasteiger partial charge in [-0.1, -0.05) is 22.9 Å². The van der Waals surface area contributed by atoms with Crippen molar-refractivity contribution in [1.82, 2.24) is 10.3 Å². The predicted octanol–water partition coefficient (Wildman–Crippen LogP) is 3.03. The molecule has 1 saturated heterocycles. The topological polar surface area (TPSA) is 37.0 Å². The van der Waals surface area contributed by atoms with Crippen molar-refractivity contribution in [3.63, 3.8) is 0 Å². The zero-order chi connectivity index (χ0) is 11.8. The summed E-state index contributed by atoms with van der Waals surface area (Å²) in [6.07, 6.45) is 1.16. The first-order valence-corrected chi connectivity index (χ1v) is 6.96. The number of thiazole rings is 1. The molecule has 0 radical (unpaired) electrons. The van der Waals surface area contributed by atoms with Gasteiger partial charge in [0.25, 0.3) is 0 Å². The van der Waals surface area contributed by atoms with Crippen molar-refractivity contribution < 1.29 is 0 Å². The fraction of sp³-hybridized carbons (Fsp3) is 0.417. The maximum Gasteiger partial charge on any atom is 0.184 e. The van der Waals surface area contributed by atoms with Crippen LogP contribution >= 0.6 is 22.9 Å². The van der Waals surface area contributed by atoms with Crippen molar-refractivity contribution in [3.8, 4) is 0 Å². The van der Waals surface area contributed by atoms with Crippen LogP contribution in [0, 0.1) is 6.92 Å². The first kappa shape index (κ1) is 11.3. The molecule has 1 fully saturated rings. The van der Waals surface area contributed by atoms with Crippen LogP contribution in [0.1, 0.15) is 12.0 Å². The molecule has 0 bridgehead atoms. The van der Waals surface area contributed by atoms with Gasteiger partial charge in [0.15, 0.2) is 5.13 Å². The zero-order valence-electron chi connectivity index (χ0n) is 9.59. The summed E-state index contributed by atoms with van der Waals surface area (Å²) < 4.78 is 1.16. The average molecular weight is 268 g/mol. The smallest absolute Gasteiger partial charge is 0.184 e. The van der Waals surface area contributed by atoms with Gasteiger partial charge < -0.3 is 10.6 Å². The molecule has 1 aliphatic rings. The molecule has 2 heterocycles. The number of hydrogen-bond donors (Lipinski definition) is 2. The van der Waals surface area contributed by atoms with E-state index in [0.717, 1.165) is 45.4 Å². The minimum absolute atomic E-state index is 0.506. The van der Waals surface area contributed by atoms with Crippen molar-refractivity contribution >= 4 is 38.3 Å². The zero-order valence-corrected chi connectivity index (χ0v) is 11.2. The monoisotopic (exact) mass is 267 g/mol. The number of anilines is 1. The highest BCUT2D eigenvalue weighted by Gasteiger charge is 2.16. The van der Waals surface area contributed by atoms with Crippen LogP contribution in [0.3, 0.4) is 0 Å². The second-order valence-electron chi connectivity index (χ2n) is 4.42. The molecule has 0 amide bonds. The Hall–Kier alpha value is -0.840. The summed E-state index contributed by atoms with van der Waals surface area (Å²) in [5, 5.41) is 8.60. The fourth-order valence-electron chi connectivity index (χ4n) is 2.17. The number of benzene rings is 1. The quantitative estimate of drug-likeness (QED) is 0.878. The highest BCUT2D eigenvalue weighted by atomic mass is 35.5. The van der Waals surface area contributed by atoms with Crippen LogP contribution in [0.5, 0.6) is 0 Å². The van der Waals surface area contributed by atoms with Gasteiger partial charge in [0.05, 0.1) is 10.2 Å². The molecule has 1 atom stereocenters. The molecule has 5 heteroatoms. The third-order valence-corrected chi connectivity index (χ3v) is 4.19. The third kappa shape index (κ3) is 2.25. The Morgan fingerprint density at radius 1 is 1.53 bits per heavy atom. The lowest BCUT2D eigenvalue weighted by Crippen LogP contribution is -2.21. The Labute approximate surface area is 109 Å². The van der Waals surface area contributed by atoms with E-state index < -0.39 is 0 Å². The van der Waals surface area contributed by atoms with Crippen molar-refractivity contribution in [2.75, 3.05) is 18.4 Å². The minimum Gasteiger partial charge on any atom is -0.357 e. The van der Waals surface area contributed by atoms with Crippen molar-refractivity contribution in [1.29, 1.82) is 0 Å². The summed E-state index contributed by atoms with van der Waals surface area (Å²) in [4.78, 5) is 4.64. The maximum atomic E-state index is 6.05. The van der Waals surface area contributed by atoms with Gasteiger partial charge in [0, 0.05) is 17.6 Å². The number of nitrogens with one attached hydrogen (secondary N) is 2. The van der Waals surface area contributed by atoms with Gasteiger partial charge >= 0.3 is 0 Å². The van der Waals surface area contributed by atoms with Gasteiger partial charge in [0.1, 0.15) is 0 Å². The van der Waals surface area contributed by atoms with Crippen LogP contribution in [-0.2, 0) is 0 Å². The molecular formula is C12H14ClN3S. The van der Waals surface area contributed by atoms with Crippen molar-refractivity contribution in [2.24, 2.45) is 0 Å². The van der Waals surface area contributed by atoms with Gasteiger partial charge in [-0.25, -0.2) is 4.98 Å². The molecule has 2 N–H and O–H groups in total. The van der Waals surface area contributed by atoms with Crippen LogP contribution in [-0.4, -0.2) is 24.1 Å². The lowest BCUT2D eigenvalue weighted by Gasteiger charge is -2.08. The summed E-state index contributed by atoms with van der Waals surface area (Å²) in [7, 11) is 0. The Balaban J connectivity index is 1.93. The molecule has 17 heavy (non-hydrogen) atoms. The number of hydrogen-bond acceptors (Lipinski definition) is 4. The molecule has 1 aromatic heterocycles. The standard InChI is InChI=1S/C12H14ClN3S/c1-7-4-8(13)5-10-11(7)16-12(17-10)15-9-2-3-14-6-9/h4-5,9,14H,2-3,6H2,1H3,(H,15,16). The summed E-state index contributed by atoms with van der Waals surface area (Å²) in [5.74, 6) is 0. The van der Waals surface area contributed by atoms with E-state index in [9.17, 15) is 0 Å².